The third-order valence-electron chi connectivity index (χ3n) is 3.47. The minimum Gasteiger partial charge on any atom is -0.293 e. The molecule has 0 atom stereocenters. The zero-order valence-electron chi connectivity index (χ0n) is 11.1. The molecule has 0 aliphatic heterocycles. The molecule has 0 aromatic carbocycles. The molecule has 0 radical (unpaired) electrons. The molecule has 5 heteroatoms. The van der Waals surface area contributed by atoms with Gasteiger partial charge in [-0.1, -0.05) is 6.92 Å². The first-order chi connectivity index (χ1) is 9.28. The van der Waals surface area contributed by atoms with Crippen LogP contribution in [0.15, 0.2) is 12.4 Å². The number of ketones is 1. The van der Waals surface area contributed by atoms with Crippen molar-refractivity contribution in [2.24, 2.45) is 0 Å². The van der Waals surface area contributed by atoms with Gasteiger partial charge in [0.1, 0.15) is 12.2 Å². The van der Waals surface area contributed by atoms with Gasteiger partial charge in [-0.15, -0.1) is 11.3 Å². The van der Waals surface area contributed by atoms with E-state index in [4.69, 9.17) is 0 Å². The van der Waals surface area contributed by atoms with Gasteiger partial charge in [0, 0.05) is 11.4 Å². The molecule has 2 aromatic heterocycles. The monoisotopic (exact) mass is 275 g/mol. The second-order valence-corrected chi connectivity index (χ2v) is 6.05. The Labute approximate surface area is 116 Å². The van der Waals surface area contributed by atoms with Crippen LogP contribution < -0.4 is 0 Å². The van der Waals surface area contributed by atoms with Crippen molar-refractivity contribution in [2.45, 2.75) is 45.6 Å². The summed E-state index contributed by atoms with van der Waals surface area (Å²) in [7, 11) is 0. The van der Waals surface area contributed by atoms with Crippen molar-refractivity contribution in [3.8, 4) is 0 Å². The average Bonchev–Trinajstić information content (AvgIpc) is 3.04. The fourth-order valence-corrected chi connectivity index (χ4v) is 3.71. The highest BCUT2D eigenvalue weighted by Crippen LogP contribution is 2.31. The van der Waals surface area contributed by atoms with Crippen LogP contribution in [-0.4, -0.2) is 20.5 Å². The van der Waals surface area contributed by atoms with E-state index in [2.05, 4.69) is 23.1 Å². The van der Waals surface area contributed by atoms with Gasteiger partial charge in [-0.2, -0.15) is 5.10 Å². The lowest BCUT2D eigenvalue weighted by Gasteiger charge is -2.02. The van der Waals surface area contributed by atoms with E-state index in [-0.39, 0.29) is 5.78 Å². The SMILES string of the molecule is CCCn1ncnc1CC(=O)c1cc2c(s1)CCC2. The molecule has 0 fully saturated rings. The van der Waals surface area contributed by atoms with E-state index >= 15 is 0 Å². The van der Waals surface area contributed by atoms with Gasteiger partial charge in [0.05, 0.1) is 11.3 Å². The number of rotatable bonds is 5. The van der Waals surface area contributed by atoms with Crippen LogP contribution in [0.1, 0.15) is 45.7 Å². The fraction of sp³-hybridized carbons (Fsp3) is 0.500. The van der Waals surface area contributed by atoms with Crippen molar-refractivity contribution < 1.29 is 4.79 Å². The lowest BCUT2D eigenvalue weighted by Crippen LogP contribution is -2.10. The topological polar surface area (TPSA) is 47.8 Å². The molecule has 4 nitrogen and oxygen atoms in total. The van der Waals surface area contributed by atoms with Gasteiger partial charge in [-0.25, -0.2) is 9.67 Å². The van der Waals surface area contributed by atoms with Crippen molar-refractivity contribution in [1.29, 1.82) is 0 Å². The maximum absolute atomic E-state index is 12.3. The molecule has 0 N–H and O–H groups in total. The second-order valence-electron chi connectivity index (χ2n) is 4.91. The normalized spacial score (nSPS) is 13.7. The van der Waals surface area contributed by atoms with E-state index in [0.29, 0.717) is 6.42 Å². The molecule has 3 rings (SSSR count). The lowest BCUT2D eigenvalue weighted by molar-refractivity contribution is 0.0993. The van der Waals surface area contributed by atoms with Crippen LogP contribution in [0.2, 0.25) is 0 Å². The van der Waals surface area contributed by atoms with Gasteiger partial charge in [0.15, 0.2) is 5.78 Å². The highest BCUT2D eigenvalue weighted by atomic mass is 32.1. The molecule has 0 bridgehead atoms. The first-order valence-electron chi connectivity index (χ1n) is 6.79. The Kier molecular flexibility index (Phi) is 3.46. The summed E-state index contributed by atoms with van der Waals surface area (Å²) in [6, 6.07) is 2.08. The average molecular weight is 275 g/mol. The molecule has 0 amide bonds. The highest BCUT2D eigenvalue weighted by molar-refractivity contribution is 7.14. The smallest absolute Gasteiger partial charge is 0.180 e. The Morgan fingerprint density at radius 2 is 2.37 bits per heavy atom. The van der Waals surface area contributed by atoms with E-state index in [1.165, 1.54) is 23.2 Å². The lowest BCUT2D eigenvalue weighted by atomic mass is 10.2. The number of thiophene rings is 1. The van der Waals surface area contributed by atoms with E-state index in [1.54, 1.807) is 11.3 Å². The third-order valence-corrected chi connectivity index (χ3v) is 4.75. The van der Waals surface area contributed by atoms with Crippen LogP contribution in [0.4, 0.5) is 0 Å². The molecule has 0 spiro atoms. The van der Waals surface area contributed by atoms with Gasteiger partial charge in [0.25, 0.3) is 0 Å². The molecule has 1 aliphatic rings. The number of fused-ring (bicyclic) bond motifs is 1. The van der Waals surface area contributed by atoms with E-state index < -0.39 is 0 Å². The van der Waals surface area contributed by atoms with Gasteiger partial charge in [-0.05, 0) is 37.3 Å². The molecule has 100 valence electrons. The molecule has 2 heterocycles. The summed E-state index contributed by atoms with van der Waals surface area (Å²) in [5.74, 6) is 0.949. The summed E-state index contributed by atoms with van der Waals surface area (Å²) < 4.78 is 1.83. The molecular weight excluding hydrogens is 258 g/mol. The Balaban J connectivity index is 1.75. The van der Waals surface area contributed by atoms with E-state index in [0.717, 1.165) is 36.5 Å². The van der Waals surface area contributed by atoms with Crippen LogP contribution in [0, 0.1) is 0 Å². The van der Waals surface area contributed by atoms with Gasteiger partial charge < -0.3 is 0 Å². The number of aryl methyl sites for hydroxylation is 3. The highest BCUT2D eigenvalue weighted by Gasteiger charge is 2.19. The van der Waals surface area contributed by atoms with Crippen molar-refractivity contribution >= 4 is 17.1 Å². The Morgan fingerprint density at radius 1 is 1.47 bits per heavy atom. The zero-order chi connectivity index (χ0) is 13.2. The van der Waals surface area contributed by atoms with Crippen molar-refractivity contribution in [2.75, 3.05) is 0 Å². The number of carbonyl (C=O) groups excluding carboxylic acids is 1. The predicted molar refractivity (Wildman–Crippen MR) is 74.7 cm³/mol. The summed E-state index contributed by atoms with van der Waals surface area (Å²) in [5.41, 5.74) is 1.38. The largest absolute Gasteiger partial charge is 0.293 e. The summed E-state index contributed by atoms with van der Waals surface area (Å²) in [6.45, 7) is 2.92. The van der Waals surface area contributed by atoms with Gasteiger partial charge >= 0.3 is 0 Å². The number of aromatic nitrogens is 3. The summed E-state index contributed by atoms with van der Waals surface area (Å²) in [5, 5.41) is 4.16. The number of hydrogen-bond donors (Lipinski definition) is 0. The Hall–Kier alpha value is -1.49. The number of nitrogens with zero attached hydrogens (tertiary/aromatic N) is 3. The summed E-state index contributed by atoms with van der Waals surface area (Å²) in [4.78, 5) is 18.8. The molecule has 1 aliphatic carbocycles. The second kappa shape index (κ2) is 5.25. The van der Waals surface area contributed by atoms with Gasteiger partial charge in [0.2, 0.25) is 0 Å². The number of Topliss-reactive ketones (excluding diaryl/α,β-unsaturated/α-hetero) is 1. The maximum Gasteiger partial charge on any atom is 0.180 e. The fourth-order valence-electron chi connectivity index (χ4n) is 2.52. The molecule has 19 heavy (non-hydrogen) atoms. The maximum atomic E-state index is 12.3. The minimum absolute atomic E-state index is 0.171. The minimum atomic E-state index is 0.171. The van der Waals surface area contributed by atoms with Gasteiger partial charge in [-0.3, -0.25) is 4.79 Å². The Morgan fingerprint density at radius 3 is 3.16 bits per heavy atom. The number of hydrogen-bond acceptors (Lipinski definition) is 4. The molecule has 0 unspecified atom stereocenters. The van der Waals surface area contributed by atoms with E-state index in [1.807, 2.05) is 4.68 Å². The first-order valence-corrected chi connectivity index (χ1v) is 7.61. The van der Waals surface area contributed by atoms with Crippen LogP contribution in [0.25, 0.3) is 0 Å². The van der Waals surface area contributed by atoms with Crippen LogP contribution in [-0.2, 0) is 25.8 Å². The third kappa shape index (κ3) is 2.47. The molecule has 0 saturated carbocycles. The zero-order valence-corrected chi connectivity index (χ0v) is 11.9. The molecule has 0 saturated heterocycles. The Bertz CT molecular complexity index is 578. The van der Waals surface area contributed by atoms with Crippen molar-refractivity contribution in [1.82, 2.24) is 14.8 Å². The summed E-state index contributed by atoms with van der Waals surface area (Å²) in [6.07, 6.45) is 6.40. The van der Waals surface area contributed by atoms with Crippen LogP contribution in [0.3, 0.4) is 0 Å². The van der Waals surface area contributed by atoms with E-state index in [9.17, 15) is 4.79 Å². The molecular formula is C14H17N3OS. The summed E-state index contributed by atoms with van der Waals surface area (Å²) >= 11 is 1.66. The predicted octanol–water partition coefficient (Wildman–Crippen LogP) is 2.66. The number of carbonyl (C=O) groups is 1. The van der Waals surface area contributed by atoms with Crippen LogP contribution in [0.5, 0.6) is 0 Å². The first kappa shape index (κ1) is 12.5. The molecule has 2 aromatic rings. The quantitative estimate of drug-likeness (QED) is 0.788. The van der Waals surface area contributed by atoms with Crippen molar-refractivity contribution in [3.63, 3.8) is 0 Å². The van der Waals surface area contributed by atoms with Crippen molar-refractivity contribution in [3.05, 3.63) is 33.5 Å². The van der Waals surface area contributed by atoms with Crippen LogP contribution >= 0.6 is 11.3 Å². The standard InChI is InChI=1S/C14H17N3OS/c1-2-6-17-14(15-9-16-17)8-11(18)13-7-10-4-3-5-12(10)19-13/h7,9H,2-6,8H2,1H3.